The average molecular weight is 605 g/mol. The molecule has 2 spiro atoms. The van der Waals surface area contributed by atoms with Crippen LogP contribution in [-0.2, 0) is 28.5 Å². The van der Waals surface area contributed by atoms with Crippen molar-refractivity contribution in [3.05, 3.63) is 46.5 Å². The first-order chi connectivity index (χ1) is 21.0. The monoisotopic (exact) mass is 604 g/mol. The van der Waals surface area contributed by atoms with E-state index in [9.17, 15) is 30.3 Å². The van der Waals surface area contributed by atoms with E-state index in [2.05, 4.69) is 16.8 Å². The van der Waals surface area contributed by atoms with Crippen molar-refractivity contribution < 1.29 is 39.8 Å². The molecule has 10 rings (SSSR count). The quantitative estimate of drug-likeness (QED) is 0.299. The van der Waals surface area contributed by atoms with Crippen LogP contribution in [0.3, 0.4) is 0 Å². The molecule has 4 aliphatic heterocycles. The second-order valence-corrected chi connectivity index (χ2v) is 14.7. The Morgan fingerprint density at radius 2 is 1.32 bits per heavy atom. The normalized spacial score (nSPS) is 43.7. The number of carbonyl (C=O) groups is 1. The topological polar surface area (TPSA) is 143 Å². The Morgan fingerprint density at radius 3 is 1.95 bits per heavy atom. The van der Waals surface area contributed by atoms with Crippen molar-refractivity contribution in [1.82, 2.24) is 9.80 Å². The molecule has 10 nitrogen and oxygen atoms in total. The number of rotatable bonds is 0. The number of hydrogen-bond donors (Lipinski definition) is 5. The molecule has 0 aromatic heterocycles. The predicted octanol–water partition coefficient (Wildman–Crippen LogP) is 1.28. The molecular formula is C34H40N2O8. The number of nitrogens with zero attached hydrogens (tertiary/aromatic N) is 2. The summed E-state index contributed by atoms with van der Waals surface area (Å²) in [7, 11) is 4.11. The number of phenolic OH excluding ortho intramolecular Hbond substituents is 2. The first-order valence-electron chi connectivity index (χ1n) is 16.1. The van der Waals surface area contributed by atoms with Gasteiger partial charge in [-0.15, -0.1) is 0 Å². The number of likely N-dealkylation sites (tertiary alicyclic amines) is 2. The lowest BCUT2D eigenvalue weighted by molar-refractivity contribution is -0.204. The maximum Gasteiger partial charge on any atom is 0.174 e. The van der Waals surface area contributed by atoms with Crippen LogP contribution in [0, 0.1) is 0 Å². The third-order valence-corrected chi connectivity index (χ3v) is 13.2. The lowest BCUT2D eigenvalue weighted by atomic mass is 9.49. The third kappa shape index (κ3) is 2.85. The molecule has 10 heteroatoms. The first-order valence-corrected chi connectivity index (χ1v) is 16.1. The fraction of sp³-hybridized carbons (Fsp3) is 0.618. The van der Waals surface area contributed by atoms with Gasteiger partial charge in [-0.3, -0.25) is 4.79 Å². The molecule has 2 saturated carbocycles. The van der Waals surface area contributed by atoms with Crippen LogP contribution >= 0.6 is 0 Å². The smallest absolute Gasteiger partial charge is 0.174 e. The number of likely N-dealkylation sites (N-methyl/N-ethyl adjacent to an activating group) is 2. The second kappa shape index (κ2) is 8.47. The highest BCUT2D eigenvalue weighted by molar-refractivity contribution is 5.90. The summed E-state index contributed by atoms with van der Waals surface area (Å²) in [5, 5.41) is 54.3. The Kier molecular flexibility index (Phi) is 5.28. The van der Waals surface area contributed by atoms with E-state index in [-0.39, 0.29) is 29.4 Å². The van der Waals surface area contributed by atoms with Crippen LogP contribution in [0.5, 0.6) is 23.0 Å². The zero-order valence-corrected chi connectivity index (χ0v) is 25.1. The van der Waals surface area contributed by atoms with Gasteiger partial charge in [-0.05, 0) is 95.4 Å². The third-order valence-electron chi connectivity index (χ3n) is 13.2. The number of piperidine rings is 2. The predicted molar refractivity (Wildman–Crippen MR) is 157 cm³/mol. The number of aromatic hydroxyl groups is 2. The minimum Gasteiger partial charge on any atom is -0.504 e. The molecule has 4 heterocycles. The van der Waals surface area contributed by atoms with Crippen LogP contribution < -0.4 is 9.47 Å². The van der Waals surface area contributed by atoms with Gasteiger partial charge >= 0.3 is 0 Å². The number of aliphatic hydroxyl groups excluding tert-OH is 1. The highest BCUT2D eigenvalue weighted by atomic mass is 16.5. The fourth-order valence-corrected chi connectivity index (χ4v) is 11.3. The zero-order valence-electron chi connectivity index (χ0n) is 25.1. The van der Waals surface area contributed by atoms with Crippen molar-refractivity contribution in [2.75, 3.05) is 27.2 Å². The molecule has 0 radical (unpaired) electrons. The number of benzene rings is 2. The number of Topliss-reactive ketones (excluding diaryl/α,β-unsaturated/α-hetero) is 1. The van der Waals surface area contributed by atoms with Crippen molar-refractivity contribution in [3.63, 3.8) is 0 Å². The van der Waals surface area contributed by atoms with Gasteiger partial charge in [0.25, 0.3) is 0 Å². The standard InChI is InChI=1S/C17H21NO4.C17H19NO4/c2*1-18-7-6-16-13-9-2-3-10(19)14(13)22-15(16)11(20)4-5-17(16,21)12(18)8-9/h2-3,11-12,15,19-21H,4-8H2,1H3;2-3,12,15,19,21H,4-8H2,1H3/t11-,12+,15-,16-,17+;12-,15+,16+,17-/m01/s1. The van der Waals surface area contributed by atoms with Gasteiger partial charge in [-0.2, -0.15) is 0 Å². The van der Waals surface area contributed by atoms with Crippen molar-refractivity contribution in [3.8, 4) is 23.0 Å². The Balaban J connectivity index is 0.000000123. The molecule has 44 heavy (non-hydrogen) atoms. The van der Waals surface area contributed by atoms with E-state index in [1.807, 2.05) is 19.2 Å². The van der Waals surface area contributed by atoms with E-state index in [4.69, 9.17) is 9.47 Å². The van der Waals surface area contributed by atoms with Gasteiger partial charge in [-0.25, -0.2) is 0 Å². The number of carbonyl (C=O) groups excluding carboxylic acids is 1. The molecule has 2 saturated heterocycles. The van der Waals surface area contributed by atoms with Gasteiger partial charge in [0, 0.05) is 29.6 Å². The van der Waals surface area contributed by atoms with Crippen molar-refractivity contribution in [2.24, 2.45) is 0 Å². The van der Waals surface area contributed by atoms with Crippen molar-refractivity contribution in [1.29, 1.82) is 0 Å². The summed E-state index contributed by atoms with van der Waals surface area (Å²) in [5.74, 6) is 1.17. The zero-order chi connectivity index (χ0) is 30.6. The molecule has 2 aromatic carbocycles. The van der Waals surface area contributed by atoms with Crippen molar-refractivity contribution in [2.45, 2.75) is 104 Å². The maximum atomic E-state index is 12.5. The molecule has 0 unspecified atom stereocenters. The van der Waals surface area contributed by atoms with E-state index in [0.717, 1.165) is 54.6 Å². The van der Waals surface area contributed by atoms with Gasteiger partial charge in [0.2, 0.25) is 0 Å². The van der Waals surface area contributed by atoms with E-state index in [1.165, 1.54) is 0 Å². The number of ether oxygens (including phenoxy) is 2. The number of ketones is 1. The molecule has 2 aromatic rings. The summed E-state index contributed by atoms with van der Waals surface area (Å²) in [6, 6.07) is 7.24. The first kappa shape index (κ1) is 27.4. The largest absolute Gasteiger partial charge is 0.504 e. The SMILES string of the molecule is CN1CC[C@]23c4c5ccc(O)c4O[C@H]2C(=O)CC[C@@]3(O)[C@H]1C5.CN1CC[C@]23c4c5ccc(O)c4O[C@H]2[C@@H](O)CC[C@@]3(O)[C@H]1C5. The minimum absolute atomic E-state index is 0.00319. The maximum absolute atomic E-state index is 12.5. The molecule has 4 fully saturated rings. The van der Waals surface area contributed by atoms with Crippen LogP contribution in [0.15, 0.2) is 24.3 Å². The molecule has 5 N–H and O–H groups in total. The Bertz CT molecular complexity index is 1630. The van der Waals surface area contributed by atoms with Gasteiger partial charge in [-0.1, -0.05) is 12.1 Å². The van der Waals surface area contributed by atoms with E-state index in [1.54, 1.807) is 12.1 Å². The second-order valence-electron chi connectivity index (χ2n) is 14.7. The lowest BCUT2D eigenvalue weighted by Gasteiger charge is -2.63. The van der Waals surface area contributed by atoms with Crippen LogP contribution in [0.25, 0.3) is 0 Å². The molecule has 8 aliphatic rings. The molecular weight excluding hydrogens is 564 g/mol. The van der Waals surface area contributed by atoms with Crippen LogP contribution in [0.4, 0.5) is 0 Å². The number of aliphatic hydroxyl groups is 3. The Hall–Kier alpha value is -2.89. The lowest BCUT2D eigenvalue weighted by Crippen LogP contribution is -2.76. The summed E-state index contributed by atoms with van der Waals surface area (Å²) in [5.41, 5.74) is 1.00. The average Bonchev–Trinajstić information content (AvgIpc) is 3.55. The summed E-state index contributed by atoms with van der Waals surface area (Å²) in [6.07, 6.45) is 3.20. The highest BCUT2D eigenvalue weighted by Gasteiger charge is 2.74. The molecule has 234 valence electrons. The number of hydrogen-bond acceptors (Lipinski definition) is 10. The van der Waals surface area contributed by atoms with Gasteiger partial charge in [0.05, 0.1) is 28.1 Å². The summed E-state index contributed by atoms with van der Waals surface area (Å²) in [4.78, 5) is 17.0. The summed E-state index contributed by atoms with van der Waals surface area (Å²) >= 11 is 0. The van der Waals surface area contributed by atoms with Gasteiger partial charge in [0.1, 0.15) is 6.10 Å². The van der Waals surface area contributed by atoms with E-state index < -0.39 is 40.3 Å². The highest BCUT2D eigenvalue weighted by Crippen LogP contribution is 2.66. The Labute approximate surface area is 255 Å². The van der Waals surface area contributed by atoms with E-state index >= 15 is 0 Å². The Morgan fingerprint density at radius 1 is 0.773 bits per heavy atom. The van der Waals surface area contributed by atoms with Crippen LogP contribution in [-0.4, -0.2) is 110 Å². The fourth-order valence-electron chi connectivity index (χ4n) is 11.3. The van der Waals surface area contributed by atoms with E-state index in [0.29, 0.717) is 43.6 Å². The molecule has 4 aliphatic carbocycles. The summed E-state index contributed by atoms with van der Waals surface area (Å²) < 4.78 is 12.0. The number of phenols is 2. The van der Waals surface area contributed by atoms with Crippen LogP contribution in [0.2, 0.25) is 0 Å². The van der Waals surface area contributed by atoms with Crippen molar-refractivity contribution >= 4 is 5.78 Å². The molecule has 4 bridgehead atoms. The van der Waals surface area contributed by atoms with Gasteiger partial charge in [0.15, 0.2) is 34.9 Å². The van der Waals surface area contributed by atoms with Gasteiger partial charge < -0.3 is 44.8 Å². The minimum atomic E-state index is -0.954. The summed E-state index contributed by atoms with van der Waals surface area (Å²) in [6.45, 7) is 1.70. The van der Waals surface area contributed by atoms with Crippen LogP contribution in [0.1, 0.15) is 60.8 Å². The molecule has 9 atom stereocenters. The molecule has 0 amide bonds.